The molecule has 0 radical (unpaired) electrons. The molecule has 0 aliphatic heterocycles. The topological polar surface area (TPSA) is 170 Å². The predicted molar refractivity (Wildman–Crippen MR) is 145 cm³/mol. The summed E-state index contributed by atoms with van der Waals surface area (Å²) in [6.07, 6.45) is 1.07. The molecule has 5 aromatic rings. The molecule has 13 heteroatoms. The molecular weight excluding hydrogens is 541 g/mol. The number of aromatic nitrogens is 3. The molecule has 0 aliphatic rings. The SMILES string of the molecule is CCOC(=O)c1[nH]nc(C(=O)Nc2ccc(-c3ccccc3S(C)(=O)=O)cc2F)c1-c1ccc2onc(N)c2c1. The van der Waals surface area contributed by atoms with Crippen molar-refractivity contribution >= 4 is 44.2 Å². The fourth-order valence-corrected chi connectivity index (χ4v) is 5.16. The fourth-order valence-electron chi connectivity index (χ4n) is 4.25. The highest BCUT2D eigenvalue weighted by atomic mass is 32.2. The molecule has 5 rings (SSSR count). The second-order valence-electron chi connectivity index (χ2n) is 8.74. The smallest absolute Gasteiger partial charge is 0.357 e. The zero-order valence-corrected chi connectivity index (χ0v) is 22.0. The van der Waals surface area contributed by atoms with Crippen molar-refractivity contribution in [3.8, 4) is 22.3 Å². The number of rotatable bonds is 7. The van der Waals surface area contributed by atoms with Crippen LogP contribution in [-0.4, -0.2) is 48.5 Å². The summed E-state index contributed by atoms with van der Waals surface area (Å²) in [6, 6.07) is 14.9. The van der Waals surface area contributed by atoms with Crippen molar-refractivity contribution in [1.29, 1.82) is 0 Å². The largest absolute Gasteiger partial charge is 0.461 e. The average Bonchev–Trinajstić information content (AvgIpc) is 3.53. The van der Waals surface area contributed by atoms with Crippen LogP contribution in [0, 0.1) is 5.82 Å². The van der Waals surface area contributed by atoms with Gasteiger partial charge in [-0.05, 0) is 48.4 Å². The lowest BCUT2D eigenvalue weighted by Crippen LogP contribution is -2.15. The Morgan fingerprint density at radius 2 is 1.85 bits per heavy atom. The van der Waals surface area contributed by atoms with Crippen molar-refractivity contribution in [2.75, 3.05) is 23.9 Å². The minimum absolute atomic E-state index is 0.0456. The number of H-pyrrole nitrogens is 1. The normalized spacial score (nSPS) is 11.5. The van der Waals surface area contributed by atoms with E-state index in [4.69, 9.17) is 15.0 Å². The number of anilines is 2. The predicted octanol–water partition coefficient (Wildman–Crippen LogP) is 4.44. The summed E-state index contributed by atoms with van der Waals surface area (Å²) < 4.78 is 49.8. The van der Waals surface area contributed by atoms with E-state index < -0.39 is 27.5 Å². The summed E-state index contributed by atoms with van der Waals surface area (Å²) >= 11 is 0. The summed E-state index contributed by atoms with van der Waals surface area (Å²) in [7, 11) is -3.57. The molecule has 204 valence electrons. The number of ether oxygens (including phenoxy) is 1. The van der Waals surface area contributed by atoms with Crippen LogP contribution in [0.3, 0.4) is 0 Å². The zero-order valence-electron chi connectivity index (χ0n) is 21.2. The molecule has 0 fully saturated rings. The van der Waals surface area contributed by atoms with Crippen molar-refractivity contribution in [3.05, 3.63) is 77.9 Å². The Bertz CT molecular complexity index is 1900. The van der Waals surface area contributed by atoms with Crippen molar-refractivity contribution in [2.45, 2.75) is 11.8 Å². The number of hydrogen-bond donors (Lipinski definition) is 3. The molecule has 2 heterocycles. The highest BCUT2D eigenvalue weighted by molar-refractivity contribution is 7.90. The molecule has 0 aliphatic carbocycles. The Morgan fingerprint density at radius 3 is 2.58 bits per heavy atom. The summed E-state index contributed by atoms with van der Waals surface area (Å²) in [5, 5.41) is 13.2. The molecule has 0 bridgehead atoms. The van der Waals surface area contributed by atoms with Gasteiger partial charge < -0.3 is 20.3 Å². The lowest BCUT2D eigenvalue weighted by Gasteiger charge is -2.11. The van der Waals surface area contributed by atoms with Crippen molar-refractivity contribution in [1.82, 2.24) is 15.4 Å². The van der Waals surface area contributed by atoms with Crippen LogP contribution in [0.15, 0.2) is 70.1 Å². The highest BCUT2D eigenvalue weighted by Gasteiger charge is 2.27. The maximum Gasteiger partial charge on any atom is 0.357 e. The number of nitrogen functional groups attached to an aromatic ring is 1. The number of nitrogens with two attached hydrogens (primary N) is 1. The minimum Gasteiger partial charge on any atom is -0.461 e. The van der Waals surface area contributed by atoms with Crippen LogP contribution in [0.2, 0.25) is 0 Å². The van der Waals surface area contributed by atoms with Gasteiger partial charge in [0.15, 0.2) is 32.6 Å². The molecule has 11 nitrogen and oxygen atoms in total. The molecule has 3 aromatic carbocycles. The standard InChI is InChI=1S/C27H22FN5O6S/c1-3-38-27(35)24-22(15-9-11-20-17(12-15)25(29)33-39-20)23(31-32-24)26(34)30-19-10-8-14(13-18(19)28)16-6-4-5-7-21(16)40(2,36)37/h4-13H,3H2,1-2H3,(H2,29,33)(H,30,34)(H,31,32). The monoisotopic (exact) mass is 563 g/mol. The molecule has 4 N–H and O–H groups in total. The molecule has 0 saturated carbocycles. The van der Waals surface area contributed by atoms with E-state index in [9.17, 15) is 18.0 Å². The van der Waals surface area contributed by atoms with Gasteiger partial charge >= 0.3 is 5.97 Å². The maximum absolute atomic E-state index is 15.2. The van der Waals surface area contributed by atoms with E-state index in [0.717, 1.165) is 12.3 Å². The number of nitrogens with zero attached hydrogens (tertiary/aromatic N) is 2. The van der Waals surface area contributed by atoms with Gasteiger partial charge in [0.25, 0.3) is 5.91 Å². The Hall–Kier alpha value is -5.04. The average molecular weight is 564 g/mol. The number of aromatic amines is 1. The number of fused-ring (bicyclic) bond motifs is 1. The van der Waals surface area contributed by atoms with Crippen LogP contribution in [0.25, 0.3) is 33.2 Å². The highest BCUT2D eigenvalue weighted by Crippen LogP contribution is 2.33. The van der Waals surface area contributed by atoms with Crippen LogP contribution in [0.4, 0.5) is 15.9 Å². The van der Waals surface area contributed by atoms with Gasteiger partial charge in [-0.1, -0.05) is 35.5 Å². The van der Waals surface area contributed by atoms with Crippen molar-refractivity contribution in [2.24, 2.45) is 0 Å². The Balaban J connectivity index is 1.52. The third kappa shape index (κ3) is 4.89. The number of sulfone groups is 1. The molecule has 2 aromatic heterocycles. The molecular formula is C27H22FN5O6S. The molecule has 0 saturated heterocycles. The first-order valence-corrected chi connectivity index (χ1v) is 13.8. The number of carbonyl (C=O) groups is 2. The fraction of sp³-hybridized carbons (Fsp3) is 0.111. The van der Waals surface area contributed by atoms with Crippen LogP contribution in [0.5, 0.6) is 0 Å². The number of halogens is 1. The second kappa shape index (κ2) is 10.3. The summed E-state index contributed by atoms with van der Waals surface area (Å²) in [5.74, 6) is -2.26. The van der Waals surface area contributed by atoms with Crippen LogP contribution < -0.4 is 11.1 Å². The van der Waals surface area contributed by atoms with Crippen LogP contribution >= 0.6 is 0 Å². The van der Waals surface area contributed by atoms with Gasteiger partial charge in [0.05, 0.1) is 22.6 Å². The van der Waals surface area contributed by atoms with Gasteiger partial charge in [-0.2, -0.15) is 5.10 Å². The number of benzene rings is 3. The van der Waals surface area contributed by atoms with Gasteiger partial charge in [-0.15, -0.1) is 0 Å². The lowest BCUT2D eigenvalue weighted by molar-refractivity contribution is 0.0520. The number of carbonyl (C=O) groups excluding carboxylic acids is 2. The van der Waals surface area contributed by atoms with E-state index in [0.29, 0.717) is 27.7 Å². The maximum atomic E-state index is 15.2. The van der Waals surface area contributed by atoms with E-state index in [2.05, 4.69) is 20.7 Å². The van der Waals surface area contributed by atoms with E-state index in [1.165, 1.54) is 18.2 Å². The molecule has 0 spiro atoms. The Morgan fingerprint density at radius 1 is 1.10 bits per heavy atom. The minimum atomic E-state index is -3.57. The number of nitrogens with one attached hydrogen (secondary N) is 2. The first-order chi connectivity index (χ1) is 19.1. The second-order valence-corrected chi connectivity index (χ2v) is 10.7. The molecule has 0 unspecified atom stereocenters. The molecule has 0 atom stereocenters. The van der Waals surface area contributed by atoms with E-state index in [-0.39, 0.29) is 40.0 Å². The van der Waals surface area contributed by atoms with Crippen molar-refractivity contribution < 1.29 is 31.7 Å². The molecule has 1 amide bonds. The summed E-state index contributed by atoms with van der Waals surface area (Å²) in [5.41, 5.74) is 6.91. The van der Waals surface area contributed by atoms with Gasteiger partial charge in [0, 0.05) is 17.4 Å². The third-order valence-electron chi connectivity index (χ3n) is 6.06. The summed E-state index contributed by atoms with van der Waals surface area (Å²) in [6.45, 7) is 1.71. The third-order valence-corrected chi connectivity index (χ3v) is 7.22. The van der Waals surface area contributed by atoms with Gasteiger partial charge in [-0.3, -0.25) is 9.89 Å². The number of esters is 1. The van der Waals surface area contributed by atoms with Crippen molar-refractivity contribution in [3.63, 3.8) is 0 Å². The number of hydrogen-bond acceptors (Lipinski definition) is 9. The zero-order chi connectivity index (χ0) is 28.6. The van der Waals surface area contributed by atoms with Crippen LogP contribution in [0.1, 0.15) is 27.9 Å². The first-order valence-electron chi connectivity index (χ1n) is 11.9. The lowest BCUT2D eigenvalue weighted by atomic mass is 10.0. The summed E-state index contributed by atoms with van der Waals surface area (Å²) in [4.78, 5) is 26.0. The van der Waals surface area contributed by atoms with Gasteiger partial charge in [0.2, 0.25) is 0 Å². The molecule has 40 heavy (non-hydrogen) atoms. The van der Waals surface area contributed by atoms with Gasteiger partial charge in [-0.25, -0.2) is 17.6 Å². The Kier molecular flexibility index (Phi) is 6.81. The number of amides is 1. The van der Waals surface area contributed by atoms with E-state index >= 15 is 4.39 Å². The first kappa shape index (κ1) is 26.6. The van der Waals surface area contributed by atoms with E-state index in [1.807, 2.05) is 0 Å². The van der Waals surface area contributed by atoms with Crippen LogP contribution in [-0.2, 0) is 14.6 Å². The quantitative estimate of drug-likeness (QED) is 0.242. The van der Waals surface area contributed by atoms with E-state index in [1.54, 1.807) is 43.3 Å². The van der Waals surface area contributed by atoms with Gasteiger partial charge in [0.1, 0.15) is 5.82 Å². The Labute approximate surface area is 227 Å².